The van der Waals surface area contributed by atoms with Crippen LogP contribution in [-0.4, -0.2) is 23.1 Å². The van der Waals surface area contributed by atoms with Crippen LogP contribution in [0.3, 0.4) is 0 Å². The van der Waals surface area contributed by atoms with Crippen LogP contribution in [0.1, 0.15) is 5.56 Å². The van der Waals surface area contributed by atoms with E-state index < -0.39 is 36.5 Å². The first-order chi connectivity index (χ1) is 10.9. The number of rotatable bonds is 4. The molecule has 2 aromatic carbocycles. The van der Waals surface area contributed by atoms with E-state index in [1.165, 1.54) is 18.2 Å². The number of hydrogen-bond donors (Lipinski definition) is 1. The SMILES string of the molecule is CS(=O)(=O)c1cccc(NS(=O)(=O)c2cccc(C(F)(F)F)c2)c1. The molecule has 0 saturated heterocycles. The fraction of sp³-hybridized carbons (Fsp3) is 0.143. The number of anilines is 1. The lowest BCUT2D eigenvalue weighted by molar-refractivity contribution is -0.137. The van der Waals surface area contributed by atoms with E-state index in [4.69, 9.17) is 0 Å². The predicted octanol–water partition coefficient (Wildman–Crippen LogP) is 2.91. The van der Waals surface area contributed by atoms with E-state index in [-0.39, 0.29) is 10.6 Å². The minimum absolute atomic E-state index is 0.0738. The van der Waals surface area contributed by atoms with Crippen LogP contribution in [0.2, 0.25) is 0 Å². The topological polar surface area (TPSA) is 80.3 Å². The third kappa shape index (κ3) is 4.26. The molecule has 130 valence electrons. The molecule has 0 atom stereocenters. The maximum absolute atomic E-state index is 12.7. The maximum atomic E-state index is 12.7. The Hall–Kier alpha value is -2.07. The standard InChI is InChI=1S/C14H12F3NO4S2/c1-23(19,20)12-6-3-5-11(9-12)18-24(21,22)13-7-2-4-10(8-13)14(15,16)17/h2-9,18H,1H3. The van der Waals surface area contributed by atoms with Gasteiger partial charge in [-0.05, 0) is 36.4 Å². The zero-order chi connectivity index (χ0) is 18.2. The van der Waals surface area contributed by atoms with Gasteiger partial charge in [-0.15, -0.1) is 0 Å². The van der Waals surface area contributed by atoms with E-state index in [0.29, 0.717) is 6.07 Å². The Morgan fingerprint density at radius 1 is 0.875 bits per heavy atom. The minimum atomic E-state index is -4.68. The molecule has 0 radical (unpaired) electrons. The Bertz CT molecular complexity index is 968. The summed E-state index contributed by atoms with van der Waals surface area (Å²) in [6.45, 7) is 0. The first kappa shape index (κ1) is 18.3. The van der Waals surface area contributed by atoms with Crippen molar-refractivity contribution in [3.63, 3.8) is 0 Å². The van der Waals surface area contributed by atoms with Gasteiger partial charge < -0.3 is 0 Å². The number of alkyl halides is 3. The monoisotopic (exact) mass is 379 g/mol. The highest BCUT2D eigenvalue weighted by atomic mass is 32.2. The lowest BCUT2D eigenvalue weighted by atomic mass is 10.2. The Labute approximate surface area is 137 Å². The second kappa shape index (κ2) is 6.10. The fourth-order valence-electron chi connectivity index (χ4n) is 1.84. The number of benzene rings is 2. The van der Waals surface area contributed by atoms with Crippen LogP contribution in [0.25, 0.3) is 0 Å². The molecule has 0 amide bonds. The largest absolute Gasteiger partial charge is 0.416 e. The van der Waals surface area contributed by atoms with Crippen molar-refractivity contribution < 1.29 is 30.0 Å². The number of sulfone groups is 1. The molecule has 0 heterocycles. The molecular formula is C14H12F3NO4S2. The molecule has 0 unspecified atom stereocenters. The molecule has 0 aliphatic rings. The average Bonchev–Trinajstić information content (AvgIpc) is 2.45. The van der Waals surface area contributed by atoms with E-state index in [0.717, 1.165) is 30.5 Å². The van der Waals surface area contributed by atoms with Crippen molar-refractivity contribution in [3.8, 4) is 0 Å². The smallest absolute Gasteiger partial charge is 0.280 e. The molecule has 5 nitrogen and oxygen atoms in total. The molecule has 1 N–H and O–H groups in total. The van der Waals surface area contributed by atoms with Gasteiger partial charge in [-0.1, -0.05) is 12.1 Å². The third-order valence-electron chi connectivity index (χ3n) is 2.99. The van der Waals surface area contributed by atoms with E-state index in [1.807, 2.05) is 0 Å². The Kier molecular flexibility index (Phi) is 4.64. The Morgan fingerprint density at radius 3 is 2.04 bits per heavy atom. The van der Waals surface area contributed by atoms with Crippen molar-refractivity contribution >= 4 is 25.5 Å². The lowest BCUT2D eigenvalue weighted by Crippen LogP contribution is -2.15. The number of hydrogen-bond acceptors (Lipinski definition) is 4. The summed E-state index contributed by atoms with van der Waals surface area (Å²) in [6.07, 6.45) is -3.73. The van der Waals surface area contributed by atoms with Gasteiger partial charge in [0.25, 0.3) is 10.0 Å². The van der Waals surface area contributed by atoms with Gasteiger partial charge in [0.15, 0.2) is 9.84 Å². The van der Waals surface area contributed by atoms with Crippen LogP contribution >= 0.6 is 0 Å². The summed E-state index contributed by atoms with van der Waals surface area (Å²) >= 11 is 0. The van der Waals surface area contributed by atoms with E-state index in [9.17, 15) is 30.0 Å². The molecule has 0 saturated carbocycles. The zero-order valence-corrected chi connectivity index (χ0v) is 13.8. The van der Waals surface area contributed by atoms with Gasteiger partial charge in [0.2, 0.25) is 0 Å². The molecule has 2 rings (SSSR count). The van der Waals surface area contributed by atoms with E-state index >= 15 is 0 Å². The van der Waals surface area contributed by atoms with Crippen molar-refractivity contribution in [3.05, 3.63) is 54.1 Å². The fourth-order valence-corrected chi connectivity index (χ4v) is 3.61. The highest BCUT2D eigenvalue weighted by Gasteiger charge is 2.31. The first-order valence-corrected chi connectivity index (χ1v) is 9.77. The summed E-state index contributed by atoms with van der Waals surface area (Å²) in [4.78, 5) is -0.700. The summed E-state index contributed by atoms with van der Waals surface area (Å²) < 4.78 is 87.5. The van der Waals surface area contributed by atoms with Crippen molar-refractivity contribution in [2.75, 3.05) is 11.0 Å². The van der Waals surface area contributed by atoms with Crippen LogP contribution in [0.15, 0.2) is 58.3 Å². The molecule has 0 aliphatic carbocycles. The van der Waals surface area contributed by atoms with E-state index in [2.05, 4.69) is 4.72 Å². The summed E-state index contributed by atoms with van der Waals surface area (Å²) in [5.74, 6) is 0. The van der Waals surface area contributed by atoms with E-state index in [1.54, 1.807) is 0 Å². The summed E-state index contributed by atoms with van der Waals surface area (Å²) in [7, 11) is -7.86. The number of nitrogens with one attached hydrogen (secondary N) is 1. The predicted molar refractivity (Wildman–Crippen MR) is 81.8 cm³/mol. The van der Waals surface area contributed by atoms with Gasteiger partial charge in [-0.3, -0.25) is 4.72 Å². The number of sulfonamides is 1. The van der Waals surface area contributed by atoms with Crippen LogP contribution in [0.5, 0.6) is 0 Å². The highest BCUT2D eigenvalue weighted by molar-refractivity contribution is 7.92. The summed E-state index contributed by atoms with van der Waals surface area (Å²) in [6, 6.07) is 8.21. The molecule has 10 heteroatoms. The quantitative estimate of drug-likeness (QED) is 0.886. The maximum Gasteiger partial charge on any atom is 0.416 e. The Balaban J connectivity index is 2.40. The molecule has 0 aromatic heterocycles. The molecule has 0 fully saturated rings. The van der Waals surface area contributed by atoms with Crippen LogP contribution in [0, 0.1) is 0 Å². The van der Waals surface area contributed by atoms with Crippen molar-refractivity contribution in [2.45, 2.75) is 16.0 Å². The van der Waals surface area contributed by atoms with Crippen LogP contribution < -0.4 is 4.72 Å². The van der Waals surface area contributed by atoms with Gasteiger partial charge in [-0.2, -0.15) is 13.2 Å². The molecule has 0 bridgehead atoms. The van der Waals surface area contributed by atoms with Gasteiger partial charge >= 0.3 is 6.18 Å². The van der Waals surface area contributed by atoms with Crippen molar-refractivity contribution in [1.29, 1.82) is 0 Å². The van der Waals surface area contributed by atoms with Crippen molar-refractivity contribution in [2.24, 2.45) is 0 Å². The minimum Gasteiger partial charge on any atom is -0.280 e. The molecule has 0 aliphatic heterocycles. The van der Waals surface area contributed by atoms with Gasteiger partial charge in [0.05, 0.1) is 21.0 Å². The highest BCUT2D eigenvalue weighted by Crippen LogP contribution is 2.31. The second-order valence-corrected chi connectivity index (χ2v) is 8.63. The summed E-state index contributed by atoms with van der Waals surface area (Å²) in [5.41, 5.74) is -1.18. The van der Waals surface area contributed by atoms with Crippen LogP contribution in [0.4, 0.5) is 18.9 Å². The number of halogens is 3. The lowest BCUT2D eigenvalue weighted by Gasteiger charge is -2.11. The van der Waals surface area contributed by atoms with Gasteiger partial charge in [0, 0.05) is 6.26 Å². The molecule has 24 heavy (non-hydrogen) atoms. The normalized spacial score (nSPS) is 12.8. The molecule has 0 spiro atoms. The van der Waals surface area contributed by atoms with Gasteiger partial charge in [-0.25, -0.2) is 16.8 Å². The molecular weight excluding hydrogens is 367 g/mol. The third-order valence-corrected chi connectivity index (χ3v) is 5.48. The van der Waals surface area contributed by atoms with Crippen molar-refractivity contribution in [1.82, 2.24) is 0 Å². The average molecular weight is 379 g/mol. The summed E-state index contributed by atoms with van der Waals surface area (Å²) in [5, 5.41) is 0. The molecule has 2 aromatic rings. The van der Waals surface area contributed by atoms with Gasteiger partial charge in [0.1, 0.15) is 0 Å². The zero-order valence-electron chi connectivity index (χ0n) is 12.2. The second-order valence-electron chi connectivity index (χ2n) is 4.93. The van der Waals surface area contributed by atoms with Crippen LogP contribution in [-0.2, 0) is 26.0 Å². The Morgan fingerprint density at radius 2 is 1.46 bits per heavy atom. The first-order valence-electron chi connectivity index (χ1n) is 6.40.